The standard InChI is InChI=1S/C10H12N2O2/c1-12-9-5-8(14-6-11)3-2-7(9)4-10(12)13/h2-3,5H,4,6,11H2,1H3. The van der Waals surface area contributed by atoms with Crippen molar-refractivity contribution >= 4 is 11.6 Å². The molecule has 1 aromatic carbocycles. The van der Waals surface area contributed by atoms with E-state index in [1.54, 1.807) is 11.9 Å². The van der Waals surface area contributed by atoms with Gasteiger partial charge in [0.2, 0.25) is 5.91 Å². The number of benzene rings is 1. The predicted octanol–water partition coefficient (Wildman–Crippen LogP) is 0.500. The number of carbonyl (C=O) groups excluding carboxylic acids is 1. The second-order valence-corrected chi connectivity index (χ2v) is 3.23. The van der Waals surface area contributed by atoms with Gasteiger partial charge in [0, 0.05) is 13.1 Å². The van der Waals surface area contributed by atoms with Gasteiger partial charge in [-0.05, 0) is 11.6 Å². The van der Waals surface area contributed by atoms with E-state index in [-0.39, 0.29) is 12.6 Å². The van der Waals surface area contributed by atoms with Gasteiger partial charge < -0.3 is 9.64 Å². The van der Waals surface area contributed by atoms with Crippen LogP contribution in [0.1, 0.15) is 5.56 Å². The Hall–Kier alpha value is -1.55. The highest BCUT2D eigenvalue weighted by atomic mass is 16.5. The molecule has 2 N–H and O–H groups in total. The van der Waals surface area contributed by atoms with Crippen LogP contribution in [0.25, 0.3) is 0 Å². The molecule has 14 heavy (non-hydrogen) atoms. The third kappa shape index (κ3) is 1.33. The van der Waals surface area contributed by atoms with Gasteiger partial charge in [-0.25, -0.2) is 0 Å². The van der Waals surface area contributed by atoms with Gasteiger partial charge in [0.05, 0.1) is 12.1 Å². The van der Waals surface area contributed by atoms with Crippen LogP contribution in [0.15, 0.2) is 18.2 Å². The van der Waals surface area contributed by atoms with E-state index < -0.39 is 0 Å². The molecule has 0 aliphatic carbocycles. The maximum atomic E-state index is 11.4. The zero-order valence-corrected chi connectivity index (χ0v) is 7.99. The van der Waals surface area contributed by atoms with Gasteiger partial charge in [0.1, 0.15) is 12.5 Å². The van der Waals surface area contributed by atoms with Gasteiger partial charge in [-0.2, -0.15) is 0 Å². The molecular formula is C10H12N2O2. The second-order valence-electron chi connectivity index (χ2n) is 3.23. The molecule has 0 saturated carbocycles. The minimum atomic E-state index is 0.116. The third-order valence-electron chi connectivity index (χ3n) is 2.38. The van der Waals surface area contributed by atoms with Crippen LogP contribution in [0.4, 0.5) is 5.69 Å². The van der Waals surface area contributed by atoms with E-state index in [0.29, 0.717) is 12.2 Å². The quantitative estimate of drug-likeness (QED) is 0.694. The van der Waals surface area contributed by atoms with E-state index in [2.05, 4.69) is 0 Å². The summed E-state index contributed by atoms with van der Waals surface area (Å²) in [6.07, 6.45) is 0.481. The molecule has 1 aromatic rings. The number of nitrogens with two attached hydrogens (primary N) is 1. The minimum absolute atomic E-state index is 0.116. The van der Waals surface area contributed by atoms with Gasteiger partial charge in [-0.3, -0.25) is 10.5 Å². The fourth-order valence-corrected chi connectivity index (χ4v) is 1.61. The maximum Gasteiger partial charge on any atom is 0.231 e. The number of anilines is 1. The third-order valence-corrected chi connectivity index (χ3v) is 2.38. The van der Waals surface area contributed by atoms with Crippen LogP contribution < -0.4 is 15.4 Å². The molecule has 0 atom stereocenters. The predicted molar refractivity (Wildman–Crippen MR) is 53.2 cm³/mol. The van der Waals surface area contributed by atoms with Crippen molar-refractivity contribution in [1.82, 2.24) is 0 Å². The number of ether oxygens (including phenoxy) is 1. The fraction of sp³-hybridized carbons (Fsp3) is 0.300. The van der Waals surface area contributed by atoms with Crippen LogP contribution in [0.2, 0.25) is 0 Å². The lowest BCUT2D eigenvalue weighted by Crippen LogP contribution is -2.20. The van der Waals surface area contributed by atoms with Crippen LogP contribution in [-0.2, 0) is 11.2 Å². The molecule has 1 heterocycles. The summed E-state index contributed by atoms with van der Waals surface area (Å²) in [4.78, 5) is 13.0. The second kappa shape index (κ2) is 3.31. The van der Waals surface area contributed by atoms with Gasteiger partial charge in [-0.15, -0.1) is 0 Å². The first-order chi connectivity index (χ1) is 6.72. The van der Waals surface area contributed by atoms with Crippen molar-refractivity contribution in [1.29, 1.82) is 0 Å². The first-order valence-corrected chi connectivity index (χ1v) is 4.44. The molecule has 74 valence electrons. The lowest BCUT2D eigenvalue weighted by molar-refractivity contribution is -0.117. The summed E-state index contributed by atoms with van der Waals surface area (Å²) in [5, 5.41) is 0. The Bertz CT molecular complexity index is 376. The monoisotopic (exact) mass is 192 g/mol. The lowest BCUT2D eigenvalue weighted by Gasteiger charge is -2.11. The van der Waals surface area contributed by atoms with E-state index in [0.717, 1.165) is 11.3 Å². The van der Waals surface area contributed by atoms with Crippen LogP contribution >= 0.6 is 0 Å². The molecular weight excluding hydrogens is 180 g/mol. The number of amides is 1. The zero-order chi connectivity index (χ0) is 10.1. The molecule has 0 radical (unpaired) electrons. The van der Waals surface area contributed by atoms with Gasteiger partial charge in [-0.1, -0.05) is 6.07 Å². The summed E-state index contributed by atoms with van der Waals surface area (Å²) in [5.41, 5.74) is 7.23. The lowest BCUT2D eigenvalue weighted by atomic mass is 10.1. The van der Waals surface area contributed by atoms with Crippen molar-refractivity contribution in [2.45, 2.75) is 6.42 Å². The molecule has 0 fully saturated rings. The first kappa shape index (κ1) is 9.02. The van der Waals surface area contributed by atoms with Crippen molar-refractivity contribution < 1.29 is 9.53 Å². The highest BCUT2D eigenvalue weighted by molar-refractivity contribution is 6.01. The Morgan fingerprint density at radius 2 is 2.36 bits per heavy atom. The number of hydrogen-bond donors (Lipinski definition) is 1. The first-order valence-electron chi connectivity index (χ1n) is 4.44. The molecule has 1 amide bonds. The van der Waals surface area contributed by atoms with Crippen LogP contribution in [0.3, 0.4) is 0 Å². The normalized spacial score (nSPS) is 14.4. The Balaban J connectivity index is 2.36. The van der Waals surface area contributed by atoms with E-state index in [1.807, 2.05) is 18.2 Å². The number of likely N-dealkylation sites (N-methyl/N-ethyl adjacent to an activating group) is 1. The highest BCUT2D eigenvalue weighted by Crippen LogP contribution is 2.31. The molecule has 0 unspecified atom stereocenters. The Kier molecular flexibility index (Phi) is 2.13. The number of nitrogens with zero attached hydrogens (tertiary/aromatic N) is 1. The van der Waals surface area contributed by atoms with Crippen LogP contribution in [-0.4, -0.2) is 19.7 Å². The summed E-state index contributed by atoms with van der Waals surface area (Å²) < 4.78 is 5.15. The van der Waals surface area contributed by atoms with Gasteiger partial charge in [0.25, 0.3) is 0 Å². The summed E-state index contributed by atoms with van der Waals surface area (Å²) in [7, 11) is 1.76. The van der Waals surface area contributed by atoms with Crippen LogP contribution in [0.5, 0.6) is 5.75 Å². The molecule has 4 heteroatoms. The Morgan fingerprint density at radius 3 is 3.07 bits per heavy atom. The van der Waals surface area contributed by atoms with Crippen molar-refractivity contribution in [3.8, 4) is 5.75 Å². The molecule has 0 saturated heterocycles. The average Bonchev–Trinajstić information content (AvgIpc) is 2.45. The Morgan fingerprint density at radius 1 is 1.57 bits per heavy atom. The summed E-state index contributed by atoms with van der Waals surface area (Å²) in [5.74, 6) is 0.817. The molecule has 0 spiro atoms. The smallest absolute Gasteiger partial charge is 0.231 e. The number of hydrogen-bond acceptors (Lipinski definition) is 3. The molecule has 2 rings (SSSR count). The SMILES string of the molecule is CN1C(=O)Cc2ccc(OCN)cc21. The van der Waals surface area contributed by atoms with Crippen molar-refractivity contribution in [3.05, 3.63) is 23.8 Å². The molecule has 4 nitrogen and oxygen atoms in total. The minimum Gasteiger partial charge on any atom is -0.479 e. The summed E-state index contributed by atoms with van der Waals surface area (Å²) in [6.45, 7) is 0.149. The van der Waals surface area contributed by atoms with Crippen LogP contribution in [0, 0.1) is 0 Å². The summed E-state index contributed by atoms with van der Waals surface area (Å²) >= 11 is 0. The molecule has 0 aromatic heterocycles. The van der Waals surface area contributed by atoms with Gasteiger partial charge >= 0.3 is 0 Å². The molecule has 1 aliphatic rings. The van der Waals surface area contributed by atoms with E-state index >= 15 is 0 Å². The van der Waals surface area contributed by atoms with Gasteiger partial charge in [0.15, 0.2) is 0 Å². The largest absolute Gasteiger partial charge is 0.479 e. The fourth-order valence-electron chi connectivity index (χ4n) is 1.61. The van der Waals surface area contributed by atoms with E-state index in [1.165, 1.54) is 0 Å². The number of rotatable bonds is 2. The van der Waals surface area contributed by atoms with Crippen molar-refractivity contribution in [3.63, 3.8) is 0 Å². The van der Waals surface area contributed by atoms with Crippen molar-refractivity contribution in [2.75, 3.05) is 18.7 Å². The molecule has 1 aliphatic heterocycles. The van der Waals surface area contributed by atoms with E-state index in [9.17, 15) is 4.79 Å². The zero-order valence-electron chi connectivity index (χ0n) is 7.99. The summed E-state index contributed by atoms with van der Waals surface area (Å²) in [6, 6.07) is 5.58. The Labute approximate surface area is 82.3 Å². The number of fused-ring (bicyclic) bond motifs is 1. The molecule has 0 bridgehead atoms. The highest BCUT2D eigenvalue weighted by Gasteiger charge is 2.23. The topological polar surface area (TPSA) is 55.6 Å². The maximum absolute atomic E-state index is 11.4. The average molecular weight is 192 g/mol. The van der Waals surface area contributed by atoms with E-state index in [4.69, 9.17) is 10.5 Å². The number of carbonyl (C=O) groups is 1. The van der Waals surface area contributed by atoms with Crippen molar-refractivity contribution in [2.24, 2.45) is 5.73 Å².